The molecule has 1 aromatic carbocycles. The van der Waals surface area contributed by atoms with Gasteiger partial charge in [0.15, 0.2) is 0 Å². The van der Waals surface area contributed by atoms with Crippen molar-refractivity contribution < 1.29 is 4.74 Å². The maximum absolute atomic E-state index is 5.71. The minimum absolute atomic E-state index is 0.844. The van der Waals surface area contributed by atoms with Crippen LogP contribution in [-0.2, 0) is 0 Å². The van der Waals surface area contributed by atoms with Crippen LogP contribution in [0.1, 0.15) is 31.2 Å². The molecular formula is C15H23NO. The van der Waals surface area contributed by atoms with Crippen LogP contribution in [-0.4, -0.2) is 31.1 Å². The molecule has 17 heavy (non-hydrogen) atoms. The van der Waals surface area contributed by atoms with E-state index in [0.717, 1.165) is 18.8 Å². The summed E-state index contributed by atoms with van der Waals surface area (Å²) < 4.78 is 5.71. The lowest BCUT2D eigenvalue weighted by molar-refractivity contribution is 0.279. The van der Waals surface area contributed by atoms with Gasteiger partial charge in [-0.05, 0) is 64.4 Å². The van der Waals surface area contributed by atoms with Crippen molar-refractivity contribution in [1.82, 2.24) is 4.90 Å². The van der Waals surface area contributed by atoms with Gasteiger partial charge in [0.05, 0.1) is 6.61 Å². The first-order chi connectivity index (χ1) is 8.34. The third-order valence-electron chi connectivity index (χ3n) is 3.36. The zero-order chi connectivity index (χ0) is 11.9. The lowest BCUT2D eigenvalue weighted by Crippen LogP contribution is -2.20. The monoisotopic (exact) mass is 233 g/mol. The molecule has 2 rings (SSSR count). The van der Waals surface area contributed by atoms with Crippen LogP contribution in [0, 0.1) is 6.92 Å². The molecule has 0 saturated carbocycles. The Kier molecular flexibility index (Phi) is 4.87. The van der Waals surface area contributed by atoms with Gasteiger partial charge in [0, 0.05) is 0 Å². The molecule has 1 aromatic rings. The van der Waals surface area contributed by atoms with Crippen LogP contribution in [0.4, 0.5) is 0 Å². The van der Waals surface area contributed by atoms with Crippen LogP contribution < -0.4 is 4.74 Å². The minimum Gasteiger partial charge on any atom is -0.494 e. The molecule has 1 aliphatic heterocycles. The fourth-order valence-electron chi connectivity index (χ4n) is 2.27. The molecule has 0 aliphatic carbocycles. The van der Waals surface area contributed by atoms with Crippen molar-refractivity contribution in [2.45, 2.75) is 32.6 Å². The van der Waals surface area contributed by atoms with Crippen LogP contribution in [0.2, 0.25) is 0 Å². The minimum atomic E-state index is 0.844. The molecule has 1 heterocycles. The van der Waals surface area contributed by atoms with Crippen LogP contribution in [0.3, 0.4) is 0 Å². The van der Waals surface area contributed by atoms with Gasteiger partial charge < -0.3 is 9.64 Å². The van der Waals surface area contributed by atoms with Crippen molar-refractivity contribution in [1.29, 1.82) is 0 Å². The normalized spacial score (nSPS) is 16.3. The molecule has 0 spiro atoms. The van der Waals surface area contributed by atoms with E-state index < -0.39 is 0 Å². The van der Waals surface area contributed by atoms with Crippen molar-refractivity contribution in [3.8, 4) is 5.75 Å². The second-order valence-corrected chi connectivity index (χ2v) is 4.92. The van der Waals surface area contributed by atoms with E-state index in [1.807, 2.05) is 0 Å². The number of nitrogens with zero attached hydrogens (tertiary/aromatic N) is 1. The number of benzene rings is 1. The number of likely N-dealkylation sites (tertiary alicyclic amines) is 1. The third kappa shape index (κ3) is 4.39. The fraction of sp³-hybridized carbons (Fsp3) is 0.600. The summed E-state index contributed by atoms with van der Waals surface area (Å²) in [5, 5.41) is 0. The van der Waals surface area contributed by atoms with Gasteiger partial charge in [-0.25, -0.2) is 0 Å². The first kappa shape index (κ1) is 12.4. The highest BCUT2D eigenvalue weighted by atomic mass is 16.5. The summed E-state index contributed by atoms with van der Waals surface area (Å²) in [6, 6.07) is 8.30. The number of unbranched alkanes of at least 4 members (excludes halogenated alkanes) is 1. The standard InChI is InChI=1S/C15H23NO/c1-14-6-8-15(9-7-14)17-13-5-4-12-16-10-2-3-11-16/h6-9H,2-5,10-13H2,1H3. The van der Waals surface area contributed by atoms with Crippen LogP contribution in [0.15, 0.2) is 24.3 Å². The summed E-state index contributed by atoms with van der Waals surface area (Å²) in [5.74, 6) is 0.997. The molecule has 2 nitrogen and oxygen atoms in total. The van der Waals surface area contributed by atoms with E-state index in [4.69, 9.17) is 4.74 Å². The highest BCUT2D eigenvalue weighted by molar-refractivity contribution is 5.26. The zero-order valence-corrected chi connectivity index (χ0v) is 10.8. The largest absolute Gasteiger partial charge is 0.494 e. The Morgan fingerprint density at radius 1 is 1.06 bits per heavy atom. The van der Waals surface area contributed by atoms with Crippen LogP contribution in [0.5, 0.6) is 5.75 Å². The summed E-state index contributed by atoms with van der Waals surface area (Å²) in [6.07, 6.45) is 5.19. The average Bonchev–Trinajstić information content (AvgIpc) is 2.84. The van der Waals surface area contributed by atoms with E-state index in [2.05, 4.69) is 36.1 Å². The first-order valence-corrected chi connectivity index (χ1v) is 6.76. The summed E-state index contributed by atoms with van der Waals surface area (Å²) in [7, 11) is 0. The van der Waals surface area contributed by atoms with Gasteiger partial charge in [-0.2, -0.15) is 0 Å². The van der Waals surface area contributed by atoms with E-state index in [1.54, 1.807) is 0 Å². The van der Waals surface area contributed by atoms with E-state index in [0.29, 0.717) is 0 Å². The molecule has 94 valence electrons. The molecule has 0 radical (unpaired) electrons. The van der Waals surface area contributed by atoms with Gasteiger partial charge in [-0.15, -0.1) is 0 Å². The Labute approximate surface area is 105 Å². The predicted molar refractivity (Wildman–Crippen MR) is 71.6 cm³/mol. The molecule has 1 fully saturated rings. The van der Waals surface area contributed by atoms with Crippen molar-refractivity contribution in [2.75, 3.05) is 26.2 Å². The van der Waals surface area contributed by atoms with Gasteiger partial charge in [0.25, 0.3) is 0 Å². The fourth-order valence-corrected chi connectivity index (χ4v) is 2.27. The SMILES string of the molecule is Cc1ccc(OCCCCN2CCCC2)cc1. The smallest absolute Gasteiger partial charge is 0.119 e. The zero-order valence-electron chi connectivity index (χ0n) is 10.8. The lowest BCUT2D eigenvalue weighted by atomic mass is 10.2. The molecule has 0 N–H and O–H groups in total. The Bertz CT molecular complexity index is 314. The van der Waals surface area contributed by atoms with Crippen molar-refractivity contribution >= 4 is 0 Å². The van der Waals surface area contributed by atoms with E-state index in [-0.39, 0.29) is 0 Å². The van der Waals surface area contributed by atoms with Crippen molar-refractivity contribution in [3.63, 3.8) is 0 Å². The molecule has 1 aliphatic rings. The van der Waals surface area contributed by atoms with Gasteiger partial charge in [0.2, 0.25) is 0 Å². The number of ether oxygens (including phenoxy) is 1. The molecule has 0 amide bonds. The second-order valence-electron chi connectivity index (χ2n) is 4.92. The molecule has 0 aromatic heterocycles. The van der Waals surface area contributed by atoms with Gasteiger partial charge in [-0.3, -0.25) is 0 Å². The van der Waals surface area contributed by atoms with Crippen LogP contribution in [0.25, 0.3) is 0 Å². The van der Waals surface area contributed by atoms with E-state index >= 15 is 0 Å². The quantitative estimate of drug-likeness (QED) is 0.699. The molecule has 0 bridgehead atoms. The highest BCUT2D eigenvalue weighted by Crippen LogP contribution is 2.12. The highest BCUT2D eigenvalue weighted by Gasteiger charge is 2.09. The number of hydrogen-bond acceptors (Lipinski definition) is 2. The molecule has 0 atom stereocenters. The first-order valence-electron chi connectivity index (χ1n) is 6.76. The summed E-state index contributed by atoms with van der Waals surface area (Å²) in [6.45, 7) is 6.80. The number of hydrogen-bond donors (Lipinski definition) is 0. The number of aryl methyl sites for hydroxylation is 1. The van der Waals surface area contributed by atoms with Crippen LogP contribution >= 0.6 is 0 Å². The van der Waals surface area contributed by atoms with Gasteiger partial charge >= 0.3 is 0 Å². The van der Waals surface area contributed by atoms with Crippen molar-refractivity contribution in [2.24, 2.45) is 0 Å². The second kappa shape index (κ2) is 6.65. The molecular weight excluding hydrogens is 210 g/mol. The third-order valence-corrected chi connectivity index (χ3v) is 3.36. The number of rotatable bonds is 6. The summed E-state index contributed by atoms with van der Waals surface area (Å²) in [5.41, 5.74) is 1.28. The predicted octanol–water partition coefficient (Wildman–Crippen LogP) is 3.25. The Morgan fingerprint density at radius 3 is 2.47 bits per heavy atom. The average molecular weight is 233 g/mol. The summed E-state index contributed by atoms with van der Waals surface area (Å²) >= 11 is 0. The molecule has 2 heteroatoms. The van der Waals surface area contributed by atoms with Crippen molar-refractivity contribution in [3.05, 3.63) is 29.8 Å². The molecule has 0 unspecified atom stereocenters. The van der Waals surface area contributed by atoms with E-state index in [9.17, 15) is 0 Å². The maximum Gasteiger partial charge on any atom is 0.119 e. The van der Waals surface area contributed by atoms with E-state index in [1.165, 1.54) is 44.5 Å². The lowest BCUT2D eigenvalue weighted by Gasteiger charge is -2.14. The van der Waals surface area contributed by atoms with Gasteiger partial charge in [-0.1, -0.05) is 17.7 Å². The Morgan fingerprint density at radius 2 is 1.76 bits per heavy atom. The summed E-state index contributed by atoms with van der Waals surface area (Å²) in [4.78, 5) is 2.56. The Balaban J connectivity index is 1.55. The maximum atomic E-state index is 5.71. The Hall–Kier alpha value is -1.02. The molecule has 1 saturated heterocycles. The van der Waals surface area contributed by atoms with Gasteiger partial charge in [0.1, 0.15) is 5.75 Å². The topological polar surface area (TPSA) is 12.5 Å².